The summed E-state index contributed by atoms with van der Waals surface area (Å²) >= 11 is 0. The number of aromatic carboxylic acids is 1. The third kappa shape index (κ3) is 5.31. The molecule has 0 spiro atoms. The molecule has 2 heterocycles. The highest BCUT2D eigenvalue weighted by atomic mass is 16.4. The SMILES string of the molecule is C/C(=C\c1ccccc1)C1CC1NC1CCN(Cc2ccc(C(=O)O)cn2)CC1. The second-order valence-corrected chi connectivity index (χ2v) is 8.31. The average molecular weight is 392 g/mol. The maximum atomic E-state index is 10.9. The minimum absolute atomic E-state index is 0.243. The lowest BCUT2D eigenvalue weighted by Crippen LogP contribution is -2.43. The fourth-order valence-corrected chi connectivity index (χ4v) is 4.24. The fraction of sp³-hybridized carbons (Fsp3) is 0.417. The zero-order chi connectivity index (χ0) is 20.2. The highest BCUT2D eigenvalue weighted by Gasteiger charge is 2.39. The molecule has 2 aliphatic rings. The van der Waals surface area contributed by atoms with E-state index in [9.17, 15) is 4.79 Å². The Labute approximate surface area is 172 Å². The van der Waals surface area contributed by atoms with Gasteiger partial charge in [0.2, 0.25) is 0 Å². The monoisotopic (exact) mass is 391 g/mol. The Morgan fingerprint density at radius 1 is 1.21 bits per heavy atom. The van der Waals surface area contributed by atoms with Crippen LogP contribution in [0.15, 0.2) is 54.2 Å². The molecular formula is C24H29N3O2. The van der Waals surface area contributed by atoms with Gasteiger partial charge >= 0.3 is 5.97 Å². The van der Waals surface area contributed by atoms with Gasteiger partial charge in [-0.25, -0.2) is 4.79 Å². The van der Waals surface area contributed by atoms with Crippen LogP contribution in [0.2, 0.25) is 0 Å². The summed E-state index contributed by atoms with van der Waals surface area (Å²) in [7, 11) is 0. The highest BCUT2D eigenvalue weighted by molar-refractivity contribution is 5.87. The van der Waals surface area contributed by atoms with Crippen molar-refractivity contribution in [1.82, 2.24) is 15.2 Å². The van der Waals surface area contributed by atoms with Crippen molar-refractivity contribution >= 4 is 12.0 Å². The lowest BCUT2D eigenvalue weighted by atomic mass is 10.0. The molecule has 1 aromatic heterocycles. The Bertz CT molecular complexity index is 855. The van der Waals surface area contributed by atoms with Crippen LogP contribution in [0.4, 0.5) is 0 Å². The Balaban J connectivity index is 1.21. The van der Waals surface area contributed by atoms with E-state index < -0.39 is 5.97 Å². The number of piperidine rings is 1. The molecule has 29 heavy (non-hydrogen) atoms. The molecule has 0 radical (unpaired) electrons. The van der Waals surface area contributed by atoms with E-state index in [2.05, 4.69) is 58.5 Å². The third-order valence-electron chi connectivity index (χ3n) is 6.06. The van der Waals surface area contributed by atoms with Crippen molar-refractivity contribution in [2.45, 2.75) is 44.8 Å². The second-order valence-electron chi connectivity index (χ2n) is 8.31. The molecule has 2 atom stereocenters. The number of rotatable bonds is 7. The van der Waals surface area contributed by atoms with Crippen LogP contribution in [0.25, 0.3) is 6.08 Å². The van der Waals surface area contributed by atoms with E-state index in [1.807, 2.05) is 6.07 Å². The first-order chi connectivity index (χ1) is 14.1. The van der Waals surface area contributed by atoms with E-state index in [1.165, 1.54) is 23.8 Å². The van der Waals surface area contributed by atoms with Gasteiger partial charge in [0.1, 0.15) is 0 Å². The first-order valence-electron chi connectivity index (χ1n) is 10.5. The van der Waals surface area contributed by atoms with Crippen LogP contribution in [-0.4, -0.2) is 46.1 Å². The molecule has 1 aliphatic carbocycles. The molecule has 2 fully saturated rings. The largest absolute Gasteiger partial charge is 0.478 e. The molecule has 1 aromatic carbocycles. The van der Waals surface area contributed by atoms with Crippen molar-refractivity contribution < 1.29 is 9.90 Å². The van der Waals surface area contributed by atoms with Gasteiger partial charge in [-0.1, -0.05) is 42.0 Å². The van der Waals surface area contributed by atoms with Crippen molar-refractivity contribution in [3.05, 3.63) is 71.1 Å². The van der Waals surface area contributed by atoms with Gasteiger partial charge < -0.3 is 10.4 Å². The van der Waals surface area contributed by atoms with Crippen molar-refractivity contribution in [2.24, 2.45) is 5.92 Å². The minimum atomic E-state index is -0.928. The number of nitrogens with zero attached hydrogens (tertiary/aromatic N) is 2. The van der Waals surface area contributed by atoms with Gasteiger partial charge in [0.05, 0.1) is 11.3 Å². The van der Waals surface area contributed by atoms with Crippen LogP contribution < -0.4 is 5.32 Å². The molecule has 1 aliphatic heterocycles. The summed E-state index contributed by atoms with van der Waals surface area (Å²) < 4.78 is 0. The van der Waals surface area contributed by atoms with Gasteiger partial charge in [-0.05, 0) is 49.8 Å². The highest BCUT2D eigenvalue weighted by Crippen LogP contribution is 2.38. The number of nitrogens with one attached hydrogen (secondary N) is 1. The Hall–Kier alpha value is -2.50. The fourth-order valence-electron chi connectivity index (χ4n) is 4.24. The van der Waals surface area contributed by atoms with Crippen LogP contribution in [0.1, 0.15) is 47.8 Å². The predicted molar refractivity (Wildman–Crippen MR) is 115 cm³/mol. The number of carboxylic acid groups (broad SMARTS) is 1. The summed E-state index contributed by atoms with van der Waals surface area (Å²) in [5, 5.41) is 12.8. The Morgan fingerprint density at radius 3 is 2.62 bits per heavy atom. The Morgan fingerprint density at radius 2 is 1.97 bits per heavy atom. The maximum absolute atomic E-state index is 10.9. The van der Waals surface area contributed by atoms with E-state index in [1.54, 1.807) is 6.07 Å². The van der Waals surface area contributed by atoms with E-state index in [0.717, 1.165) is 38.2 Å². The summed E-state index contributed by atoms with van der Waals surface area (Å²) in [6.45, 7) is 5.15. The molecule has 1 saturated heterocycles. The molecule has 2 N–H and O–H groups in total. The van der Waals surface area contributed by atoms with Gasteiger partial charge in [0.25, 0.3) is 0 Å². The summed E-state index contributed by atoms with van der Waals surface area (Å²) in [6, 6.07) is 15.2. The third-order valence-corrected chi connectivity index (χ3v) is 6.06. The van der Waals surface area contributed by atoms with Gasteiger partial charge in [0, 0.05) is 37.9 Å². The van der Waals surface area contributed by atoms with Crippen LogP contribution in [0.3, 0.4) is 0 Å². The minimum Gasteiger partial charge on any atom is -0.478 e. The summed E-state index contributed by atoms with van der Waals surface area (Å²) in [6.07, 6.45) is 7.31. The number of benzene rings is 1. The van der Waals surface area contributed by atoms with E-state index in [-0.39, 0.29) is 5.56 Å². The second kappa shape index (κ2) is 8.89. The molecule has 2 aromatic rings. The van der Waals surface area contributed by atoms with E-state index in [0.29, 0.717) is 18.0 Å². The number of pyridine rings is 1. The van der Waals surface area contributed by atoms with Crippen molar-refractivity contribution in [3.8, 4) is 0 Å². The molecule has 2 unspecified atom stereocenters. The predicted octanol–water partition coefficient (Wildman–Crippen LogP) is 3.83. The van der Waals surface area contributed by atoms with Crippen LogP contribution >= 0.6 is 0 Å². The summed E-state index contributed by atoms with van der Waals surface area (Å²) in [5.74, 6) is -0.256. The first-order valence-corrected chi connectivity index (χ1v) is 10.5. The van der Waals surface area contributed by atoms with Gasteiger partial charge in [-0.2, -0.15) is 0 Å². The topological polar surface area (TPSA) is 65.5 Å². The summed E-state index contributed by atoms with van der Waals surface area (Å²) in [4.78, 5) is 17.6. The zero-order valence-electron chi connectivity index (χ0n) is 16.9. The van der Waals surface area contributed by atoms with Crippen LogP contribution in [0, 0.1) is 5.92 Å². The molecule has 0 bridgehead atoms. The lowest BCUT2D eigenvalue weighted by Gasteiger charge is -2.32. The Kier molecular flexibility index (Phi) is 6.07. The zero-order valence-corrected chi connectivity index (χ0v) is 16.9. The van der Waals surface area contributed by atoms with E-state index >= 15 is 0 Å². The molecule has 152 valence electrons. The molecule has 4 rings (SSSR count). The number of likely N-dealkylation sites (tertiary alicyclic amines) is 1. The van der Waals surface area contributed by atoms with Crippen LogP contribution in [-0.2, 0) is 6.54 Å². The van der Waals surface area contributed by atoms with Gasteiger partial charge in [-0.3, -0.25) is 9.88 Å². The lowest BCUT2D eigenvalue weighted by molar-refractivity contribution is 0.0696. The van der Waals surface area contributed by atoms with Gasteiger partial charge in [0.15, 0.2) is 0 Å². The number of carboxylic acids is 1. The van der Waals surface area contributed by atoms with Crippen molar-refractivity contribution in [2.75, 3.05) is 13.1 Å². The standard InChI is InChI=1S/C24H29N3O2/c1-17(13-18-5-3-2-4-6-18)22-14-23(22)26-20-9-11-27(12-10-20)16-21-8-7-19(15-25-21)24(28)29/h2-8,13,15,20,22-23,26H,9-12,14,16H2,1H3,(H,28,29)/b17-13+. The average Bonchev–Trinajstić information content (AvgIpc) is 3.50. The van der Waals surface area contributed by atoms with Crippen molar-refractivity contribution in [3.63, 3.8) is 0 Å². The normalized spacial score (nSPS) is 23.1. The number of hydrogen-bond acceptors (Lipinski definition) is 4. The smallest absolute Gasteiger partial charge is 0.337 e. The maximum Gasteiger partial charge on any atom is 0.337 e. The quantitative estimate of drug-likeness (QED) is 0.751. The molecule has 5 heteroatoms. The number of aromatic nitrogens is 1. The van der Waals surface area contributed by atoms with Crippen molar-refractivity contribution in [1.29, 1.82) is 0 Å². The van der Waals surface area contributed by atoms with Gasteiger partial charge in [-0.15, -0.1) is 0 Å². The summed E-state index contributed by atoms with van der Waals surface area (Å²) in [5.41, 5.74) is 3.94. The molecule has 5 nitrogen and oxygen atoms in total. The number of carbonyl (C=O) groups is 1. The molecular weight excluding hydrogens is 362 g/mol. The first kappa shape index (κ1) is 19.8. The molecule has 0 amide bonds. The molecule has 1 saturated carbocycles. The van der Waals surface area contributed by atoms with Crippen LogP contribution in [0.5, 0.6) is 0 Å². The number of hydrogen-bond donors (Lipinski definition) is 2. The van der Waals surface area contributed by atoms with E-state index in [4.69, 9.17) is 5.11 Å².